The monoisotopic (exact) mass is 289 g/mol. The van der Waals surface area contributed by atoms with Crippen molar-refractivity contribution >= 4 is 11.7 Å². The van der Waals surface area contributed by atoms with Crippen molar-refractivity contribution in [1.29, 1.82) is 0 Å². The number of aromatic carboxylic acids is 1. The number of carboxylic acid groups (broad SMARTS) is 1. The van der Waals surface area contributed by atoms with Gasteiger partial charge in [-0.3, -0.25) is 4.98 Å². The molecule has 2 aromatic heterocycles. The van der Waals surface area contributed by atoms with Crippen LogP contribution in [0.25, 0.3) is 0 Å². The molecule has 2 aromatic rings. The molecule has 0 bridgehead atoms. The molecule has 0 fully saturated rings. The molecule has 6 nitrogen and oxygen atoms in total. The number of aromatic nitrogens is 2. The minimum absolute atomic E-state index is 0.115. The summed E-state index contributed by atoms with van der Waals surface area (Å²) in [4.78, 5) is 15.7. The lowest BCUT2D eigenvalue weighted by Crippen LogP contribution is -2.14. The summed E-state index contributed by atoms with van der Waals surface area (Å²) in [6.45, 7) is 9.19. The standard InChI is InChI=1S/C15H19N3O3/c1-7-6-12(14(15(19)20)9(3)16-7)17-8(2)13-10(4)18-21-11(13)5/h6,8H,1-5H3,(H,16,17)(H,19,20). The lowest BCUT2D eigenvalue weighted by Gasteiger charge is -2.18. The highest BCUT2D eigenvalue weighted by atomic mass is 16.5. The van der Waals surface area contributed by atoms with E-state index in [1.165, 1.54) is 0 Å². The van der Waals surface area contributed by atoms with Gasteiger partial charge in [0, 0.05) is 11.3 Å². The first-order chi connectivity index (χ1) is 9.81. The second-order valence-corrected chi connectivity index (χ2v) is 5.18. The molecule has 0 aromatic carbocycles. The summed E-state index contributed by atoms with van der Waals surface area (Å²) in [7, 11) is 0. The van der Waals surface area contributed by atoms with E-state index in [0.29, 0.717) is 11.4 Å². The molecule has 21 heavy (non-hydrogen) atoms. The number of anilines is 1. The Morgan fingerprint density at radius 3 is 2.48 bits per heavy atom. The Morgan fingerprint density at radius 2 is 1.95 bits per heavy atom. The second kappa shape index (κ2) is 5.55. The van der Waals surface area contributed by atoms with Gasteiger partial charge < -0.3 is 14.9 Å². The molecular formula is C15H19N3O3. The van der Waals surface area contributed by atoms with E-state index in [2.05, 4.69) is 15.5 Å². The Morgan fingerprint density at radius 1 is 1.29 bits per heavy atom. The summed E-state index contributed by atoms with van der Waals surface area (Å²) in [6.07, 6.45) is 0. The average Bonchev–Trinajstić information content (AvgIpc) is 2.67. The molecule has 0 radical (unpaired) electrons. The molecule has 2 heterocycles. The maximum absolute atomic E-state index is 11.4. The fraction of sp³-hybridized carbons (Fsp3) is 0.400. The highest BCUT2D eigenvalue weighted by Gasteiger charge is 2.20. The van der Waals surface area contributed by atoms with E-state index in [-0.39, 0.29) is 11.6 Å². The molecule has 2 rings (SSSR count). The van der Waals surface area contributed by atoms with Crippen LogP contribution in [0.2, 0.25) is 0 Å². The van der Waals surface area contributed by atoms with Crippen LogP contribution in [0, 0.1) is 27.7 Å². The van der Waals surface area contributed by atoms with Gasteiger partial charge in [-0.15, -0.1) is 0 Å². The van der Waals surface area contributed by atoms with E-state index in [9.17, 15) is 9.90 Å². The fourth-order valence-electron chi connectivity index (χ4n) is 2.63. The van der Waals surface area contributed by atoms with Crippen molar-refractivity contribution in [3.8, 4) is 0 Å². The van der Waals surface area contributed by atoms with Crippen molar-refractivity contribution in [1.82, 2.24) is 10.1 Å². The third-order valence-corrected chi connectivity index (χ3v) is 3.44. The molecule has 0 spiro atoms. The van der Waals surface area contributed by atoms with Crippen LogP contribution >= 0.6 is 0 Å². The number of carbonyl (C=O) groups is 1. The number of nitrogens with one attached hydrogen (secondary N) is 1. The number of nitrogens with zero attached hydrogens (tertiary/aromatic N) is 2. The van der Waals surface area contributed by atoms with Crippen LogP contribution in [0.15, 0.2) is 10.6 Å². The van der Waals surface area contributed by atoms with Crippen molar-refractivity contribution in [2.24, 2.45) is 0 Å². The fourth-order valence-corrected chi connectivity index (χ4v) is 2.63. The van der Waals surface area contributed by atoms with E-state index in [1.807, 2.05) is 27.7 Å². The van der Waals surface area contributed by atoms with E-state index >= 15 is 0 Å². The maximum atomic E-state index is 11.4. The Balaban J connectivity index is 2.42. The Hall–Kier alpha value is -2.37. The predicted octanol–water partition coefficient (Wildman–Crippen LogP) is 3.17. The predicted molar refractivity (Wildman–Crippen MR) is 78.7 cm³/mol. The van der Waals surface area contributed by atoms with Gasteiger partial charge in [-0.25, -0.2) is 4.79 Å². The average molecular weight is 289 g/mol. The zero-order chi connectivity index (χ0) is 15.7. The molecular weight excluding hydrogens is 270 g/mol. The summed E-state index contributed by atoms with van der Waals surface area (Å²) >= 11 is 0. The van der Waals surface area contributed by atoms with Gasteiger partial charge in [-0.2, -0.15) is 0 Å². The molecule has 0 aliphatic rings. The number of aryl methyl sites for hydroxylation is 4. The Kier molecular flexibility index (Phi) is 3.97. The summed E-state index contributed by atoms with van der Waals surface area (Å²) in [5.74, 6) is -0.264. The number of pyridine rings is 1. The van der Waals surface area contributed by atoms with Crippen LogP contribution in [-0.4, -0.2) is 21.2 Å². The van der Waals surface area contributed by atoms with Gasteiger partial charge in [0.1, 0.15) is 11.3 Å². The number of hydrogen-bond acceptors (Lipinski definition) is 5. The summed E-state index contributed by atoms with van der Waals surface area (Å²) < 4.78 is 5.16. The summed E-state index contributed by atoms with van der Waals surface area (Å²) in [5, 5.41) is 16.5. The van der Waals surface area contributed by atoms with Crippen molar-refractivity contribution in [3.63, 3.8) is 0 Å². The minimum atomic E-state index is -0.992. The van der Waals surface area contributed by atoms with E-state index in [1.54, 1.807) is 13.0 Å². The first kappa shape index (κ1) is 15.0. The second-order valence-electron chi connectivity index (χ2n) is 5.18. The third-order valence-electron chi connectivity index (χ3n) is 3.44. The largest absolute Gasteiger partial charge is 0.478 e. The number of hydrogen-bond donors (Lipinski definition) is 2. The molecule has 1 unspecified atom stereocenters. The first-order valence-electron chi connectivity index (χ1n) is 6.72. The first-order valence-corrected chi connectivity index (χ1v) is 6.72. The lowest BCUT2D eigenvalue weighted by atomic mass is 10.0. The third kappa shape index (κ3) is 2.89. The van der Waals surface area contributed by atoms with Crippen LogP contribution in [0.5, 0.6) is 0 Å². The van der Waals surface area contributed by atoms with Crippen LogP contribution in [0.3, 0.4) is 0 Å². The molecule has 6 heteroatoms. The minimum Gasteiger partial charge on any atom is -0.478 e. The SMILES string of the molecule is Cc1cc(NC(C)c2c(C)noc2C)c(C(=O)O)c(C)n1. The Bertz CT molecular complexity index is 672. The van der Waals surface area contributed by atoms with Crippen LogP contribution in [0.4, 0.5) is 5.69 Å². The van der Waals surface area contributed by atoms with Gasteiger partial charge in [-0.05, 0) is 40.7 Å². The van der Waals surface area contributed by atoms with Gasteiger partial charge in [-0.1, -0.05) is 5.16 Å². The molecule has 0 saturated heterocycles. The lowest BCUT2D eigenvalue weighted by molar-refractivity contribution is 0.0696. The highest BCUT2D eigenvalue weighted by Crippen LogP contribution is 2.28. The molecule has 0 saturated carbocycles. The topological polar surface area (TPSA) is 88.2 Å². The maximum Gasteiger partial charge on any atom is 0.339 e. The summed E-state index contributed by atoms with van der Waals surface area (Å²) in [5.41, 5.74) is 3.76. The van der Waals surface area contributed by atoms with Gasteiger partial charge in [0.05, 0.1) is 23.1 Å². The van der Waals surface area contributed by atoms with Gasteiger partial charge >= 0.3 is 5.97 Å². The molecule has 112 valence electrons. The van der Waals surface area contributed by atoms with Crippen LogP contribution < -0.4 is 5.32 Å². The van der Waals surface area contributed by atoms with E-state index < -0.39 is 5.97 Å². The van der Waals surface area contributed by atoms with Crippen molar-refractivity contribution in [2.45, 2.75) is 40.7 Å². The smallest absolute Gasteiger partial charge is 0.339 e. The zero-order valence-electron chi connectivity index (χ0n) is 12.8. The van der Waals surface area contributed by atoms with Gasteiger partial charge in [0.25, 0.3) is 0 Å². The molecule has 1 atom stereocenters. The van der Waals surface area contributed by atoms with Crippen molar-refractivity contribution in [2.75, 3.05) is 5.32 Å². The van der Waals surface area contributed by atoms with Gasteiger partial charge in [0.15, 0.2) is 0 Å². The highest BCUT2D eigenvalue weighted by molar-refractivity contribution is 5.95. The van der Waals surface area contributed by atoms with Gasteiger partial charge in [0.2, 0.25) is 0 Å². The number of rotatable bonds is 4. The van der Waals surface area contributed by atoms with Crippen LogP contribution in [-0.2, 0) is 0 Å². The van der Waals surface area contributed by atoms with E-state index in [4.69, 9.17) is 4.52 Å². The molecule has 2 N–H and O–H groups in total. The Labute approximate surface area is 123 Å². The molecule has 0 aliphatic carbocycles. The number of carboxylic acids is 1. The quantitative estimate of drug-likeness (QED) is 0.898. The van der Waals surface area contributed by atoms with Crippen molar-refractivity contribution < 1.29 is 14.4 Å². The molecule has 0 amide bonds. The zero-order valence-corrected chi connectivity index (χ0v) is 12.8. The molecule has 0 aliphatic heterocycles. The normalized spacial score (nSPS) is 12.2. The van der Waals surface area contributed by atoms with Crippen molar-refractivity contribution in [3.05, 3.63) is 40.0 Å². The van der Waals surface area contributed by atoms with E-state index in [0.717, 1.165) is 22.7 Å². The summed E-state index contributed by atoms with van der Waals surface area (Å²) in [6, 6.07) is 1.63. The van der Waals surface area contributed by atoms with Crippen LogP contribution in [0.1, 0.15) is 51.7 Å².